The molecule has 1 saturated carbocycles. The lowest BCUT2D eigenvalue weighted by molar-refractivity contribution is -0.123. The van der Waals surface area contributed by atoms with E-state index in [0.717, 1.165) is 12.8 Å². The molecule has 1 amide bonds. The molecular weight excluding hydrogens is 368 g/mol. The minimum Gasteiger partial charge on any atom is -0.495 e. The molecule has 1 aliphatic heterocycles. The number of hydrogen-bond acceptors (Lipinski definition) is 6. The first kappa shape index (κ1) is 18.2. The van der Waals surface area contributed by atoms with Gasteiger partial charge in [0.1, 0.15) is 10.6 Å². The van der Waals surface area contributed by atoms with E-state index in [1.807, 2.05) is 0 Å². The van der Waals surface area contributed by atoms with Crippen LogP contribution < -0.4 is 13.8 Å². The second-order valence-corrected chi connectivity index (χ2v) is 10.4. The van der Waals surface area contributed by atoms with Gasteiger partial charge in [0.25, 0.3) is 0 Å². The molecular formula is C15H20N2O6S2. The van der Waals surface area contributed by atoms with E-state index in [9.17, 15) is 21.6 Å². The van der Waals surface area contributed by atoms with Gasteiger partial charge in [-0.15, -0.1) is 0 Å². The van der Waals surface area contributed by atoms with Crippen molar-refractivity contribution in [3.8, 4) is 5.75 Å². The smallest absolute Gasteiger partial charge is 0.247 e. The molecule has 0 bridgehead atoms. The molecule has 0 atom stereocenters. The van der Waals surface area contributed by atoms with Crippen LogP contribution in [-0.4, -0.2) is 41.6 Å². The summed E-state index contributed by atoms with van der Waals surface area (Å²) in [7, 11) is -6.42. The highest BCUT2D eigenvalue weighted by Crippen LogP contribution is 2.38. The van der Waals surface area contributed by atoms with Crippen molar-refractivity contribution >= 4 is 31.6 Å². The molecule has 1 aromatic rings. The summed E-state index contributed by atoms with van der Waals surface area (Å²) in [5.74, 6) is -0.829. The van der Waals surface area contributed by atoms with E-state index in [1.54, 1.807) is 13.8 Å². The molecule has 3 rings (SSSR count). The van der Waals surface area contributed by atoms with Crippen molar-refractivity contribution < 1.29 is 26.4 Å². The fourth-order valence-corrected chi connectivity index (χ4v) is 6.34. The molecule has 138 valence electrons. The first-order valence-corrected chi connectivity index (χ1v) is 10.8. The van der Waals surface area contributed by atoms with Gasteiger partial charge in [-0.1, -0.05) is 0 Å². The van der Waals surface area contributed by atoms with Crippen LogP contribution in [0.25, 0.3) is 0 Å². The molecule has 25 heavy (non-hydrogen) atoms. The standard InChI is InChI=1S/C15H20N2O6S2/c1-15(2)9-24(19,20)17(14(15)18)11-6-7-12(23-3)13(8-11)25(21,22)16-10-4-5-10/h6-8,10,16H,4-5,9H2,1-3H3. The van der Waals surface area contributed by atoms with Gasteiger partial charge in [0.05, 0.1) is 24.0 Å². The van der Waals surface area contributed by atoms with Gasteiger partial charge in [0.2, 0.25) is 26.0 Å². The predicted molar refractivity (Wildman–Crippen MR) is 91.4 cm³/mol. The molecule has 2 fully saturated rings. The summed E-state index contributed by atoms with van der Waals surface area (Å²) in [5.41, 5.74) is -1.07. The first-order valence-electron chi connectivity index (χ1n) is 7.76. The number of methoxy groups -OCH3 is 1. The number of carbonyl (C=O) groups is 1. The van der Waals surface area contributed by atoms with Crippen LogP contribution in [0.15, 0.2) is 23.1 Å². The molecule has 1 saturated heterocycles. The summed E-state index contributed by atoms with van der Waals surface area (Å²) in [5, 5.41) is 0. The highest BCUT2D eigenvalue weighted by Gasteiger charge is 2.50. The SMILES string of the molecule is COc1ccc(N2C(=O)C(C)(C)CS2(=O)=O)cc1S(=O)(=O)NC1CC1. The minimum atomic E-state index is -3.88. The Morgan fingerprint density at radius 1 is 1.28 bits per heavy atom. The molecule has 8 nitrogen and oxygen atoms in total. The molecule has 2 aliphatic rings. The van der Waals surface area contributed by atoms with Crippen LogP contribution in [0.3, 0.4) is 0 Å². The van der Waals surface area contributed by atoms with Gasteiger partial charge in [-0.25, -0.2) is 25.9 Å². The van der Waals surface area contributed by atoms with Crippen molar-refractivity contribution in [2.24, 2.45) is 5.41 Å². The molecule has 0 radical (unpaired) electrons. The summed E-state index contributed by atoms with van der Waals surface area (Å²) in [4.78, 5) is 12.3. The zero-order chi connectivity index (χ0) is 18.6. The number of nitrogens with one attached hydrogen (secondary N) is 1. The van der Waals surface area contributed by atoms with Crippen molar-refractivity contribution in [1.29, 1.82) is 0 Å². The van der Waals surface area contributed by atoms with Crippen LogP contribution in [0.1, 0.15) is 26.7 Å². The molecule has 1 aliphatic carbocycles. The Balaban J connectivity index is 2.10. The summed E-state index contributed by atoms with van der Waals surface area (Å²) in [6.45, 7) is 3.09. The van der Waals surface area contributed by atoms with Gasteiger partial charge < -0.3 is 4.74 Å². The Morgan fingerprint density at radius 2 is 1.92 bits per heavy atom. The van der Waals surface area contributed by atoms with E-state index >= 15 is 0 Å². The first-order chi connectivity index (χ1) is 11.5. The van der Waals surface area contributed by atoms with Crippen molar-refractivity contribution in [3.63, 3.8) is 0 Å². The fourth-order valence-electron chi connectivity index (χ4n) is 2.75. The summed E-state index contributed by atoms with van der Waals surface area (Å²) < 4.78 is 58.2. The van der Waals surface area contributed by atoms with Crippen LogP contribution in [0.2, 0.25) is 0 Å². The predicted octanol–water partition coefficient (Wildman–Crippen LogP) is 0.839. The molecule has 0 unspecified atom stereocenters. The van der Waals surface area contributed by atoms with Crippen LogP contribution in [0.4, 0.5) is 5.69 Å². The molecule has 1 N–H and O–H groups in total. The average molecular weight is 388 g/mol. The van der Waals surface area contributed by atoms with Gasteiger partial charge in [-0.05, 0) is 44.9 Å². The molecule has 10 heteroatoms. The van der Waals surface area contributed by atoms with Crippen LogP contribution in [-0.2, 0) is 24.8 Å². The van der Waals surface area contributed by atoms with Gasteiger partial charge in [-0.3, -0.25) is 4.79 Å². The van der Waals surface area contributed by atoms with Crippen LogP contribution in [0, 0.1) is 5.41 Å². The Labute approximate surface area is 147 Å². The summed E-state index contributed by atoms with van der Waals surface area (Å²) in [6.07, 6.45) is 1.52. The fraction of sp³-hybridized carbons (Fsp3) is 0.533. The van der Waals surface area contributed by atoms with Crippen molar-refractivity contribution in [2.45, 2.75) is 37.6 Å². The van der Waals surface area contributed by atoms with E-state index < -0.39 is 31.4 Å². The largest absolute Gasteiger partial charge is 0.495 e. The molecule has 0 spiro atoms. The van der Waals surface area contributed by atoms with E-state index in [2.05, 4.69) is 4.72 Å². The maximum atomic E-state index is 12.6. The van der Waals surface area contributed by atoms with Gasteiger partial charge in [0.15, 0.2) is 0 Å². The average Bonchev–Trinajstić information content (AvgIpc) is 3.26. The van der Waals surface area contributed by atoms with Gasteiger partial charge in [0, 0.05) is 6.04 Å². The van der Waals surface area contributed by atoms with E-state index in [4.69, 9.17) is 4.74 Å². The number of sulfonamides is 2. The highest BCUT2D eigenvalue weighted by molar-refractivity contribution is 7.94. The molecule has 1 aromatic carbocycles. The Morgan fingerprint density at radius 3 is 2.40 bits per heavy atom. The number of amides is 1. The van der Waals surface area contributed by atoms with E-state index in [-0.39, 0.29) is 28.1 Å². The van der Waals surface area contributed by atoms with E-state index in [0.29, 0.717) is 4.31 Å². The highest BCUT2D eigenvalue weighted by atomic mass is 32.2. The van der Waals surface area contributed by atoms with Crippen molar-refractivity contribution in [3.05, 3.63) is 18.2 Å². The second kappa shape index (κ2) is 5.68. The Hall–Kier alpha value is -1.65. The van der Waals surface area contributed by atoms with Crippen molar-refractivity contribution in [2.75, 3.05) is 17.2 Å². The number of nitrogens with zero attached hydrogens (tertiary/aromatic N) is 1. The quantitative estimate of drug-likeness (QED) is 0.800. The molecule has 0 aromatic heterocycles. The molecule has 1 heterocycles. The Kier molecular flexibility index (Phi) is 4.12. The topological polar surface area (TPSA) is 110 Å². The number of benzene rings is 1. The van der Waals surface area contributed by atoms with Gasteiger partial charge >= 0.3 is 0 Å². The maximum Gasteiger partial charge on any atom is 0.247 e. The van der Waals surface area contributed by atoms with Crippen molar-refractivity contribution in [1.82, 2.24) is 4.72 Å². The van der Waals surface area contributed by atoms with Crippen LogP contribution >= 0.6 is 0 Å². The maximum absolute atomic E-state index is 12.6. The lowest BCUT2D eigenvalue weighted by Gasteiger charge is -2.19. The zero-order valence-corrected chi connectivity index (χ0v) is 15.8. The zero-order valence-electron chi connectivity index (χ0n) is 14.1. The number of hydrogen-bond donors (Lipinski definition) is 1. The number of rotatable bonds is 5. The van der Waals surface area contributed by atoms with Crippen LogP contribution in [0.5, 0.6) is 5.75 Å². The summed E-state index contributed by atoms with van der Waals surface area (Å²) in [6, 6.07) is 3.77. The third-order valence-corrected chi connectivity index (χ3v) is 7.72. The van der Waals surface area contributed by atoms with E-state index in [1.165, 1.54) is 25.3 Å². The summed E-state index contributed by atoms with van der Waals surface area (Å²) >= 11 is 0. The lowest BCUT2D eigenvalue weighted by Crippen LogP contribution is -2.33. The lowest BCUT2D eigenvalue weighted by atomic mass is 9.95. The second-order valence-electron chi connectivity index (χ2n) is 6.94. The monoisotopic (exact) mass is 388 g/mol. The number of anilines is 1. The number of carbonyl (C=O) groups excluding carboxylic acids is 1. The normalized spacial score (nSPS) is 22.2. The third kappa shape index (κ3) is 3.25. The van der Waals surface area contributed by atoms with Gasteiger partial charge in [-0.2, -0.15) is 0 Å². The number of ether oxygens (including phenoxy) is 1. The third-order valence-electron chi connectivity index (χ3n) is 4.16. The Bertz CT molecular complexity index is 933. The minimum absolute atomic E-state index is 0.00690.